The molecule has 0 heterocycles. The number of carbonyl (C=O) groups excluding carboxylic acids is 2. The third kappa shape index (κ3) is 11.0. The molecule has 0 rings (SSSR count). The van der Waals surface area contributed by atoms with Gasteiger partial charge in [-0.15, -0.1) is 12.4 Å². The van der Waals surface area contributed by atoms with E-state index in [2.05, 4.69) is 5.32 Å². The van der Waals surface area contributed by atoms with Gasteiger partial charge in [-0.1, -0.05) is 0 Å². The minimum Gasteiger partial charge on any atom is -0.301 e. The van der Waals surface area contributed by atoms with E-state index in [0.717, 1.165) is 0 Å². The Bertz CT molecular complexity index is 114. The second-order valence-electron chi connectivity index (χ2n) is 1.31. The lowest BCUT2D eigenvalue weighted by Crippen LogP contribution is -2.24. The van der Waals surface area contributed by atoms with Gasteiger partial charge < -0.3 is 5.32 Å². The minimum absolute atomic E-state index is 0. The second-order valence-corrected chi connectivity index (χ2v) is 2.16. The van der Waals surface area contributed by atoms with E-state index in [-0.39, 0.29) is 25.5 Å². The Morgan fingerprint density at radius 2 is 1.40 bits per heavy atom. The van der Waals surface area contributed by atoms with Gasteiger partial charge in [-0.3, -0.25) is 9.59 Å². The van der Waals surface area contributed by atoms with Crippen molar-refractivity contribution < 1.29 is 9.59 Å². The van der Waals surface area contributed by atoms with Gasteiger partial charge in [0.15, 0.2) is 0 Å². The number of hydrogen-bond acceptors (Lipinski definition) is 3. The van der Waals surface area contributed by atoms with Crippen LogP contribution in [0.2, 0.25) is 0 Å². The van der Waals surface area contributed by atoms with Crippen molar-refractivity contribution in [3.8, 4) is 0 Å². The number of hydrogen-bond donors (Lipinski definition) is 1. The van der Waals surface area contributed by atoms with Gasteiger partial charge in [-0.05, 0) is 23.2 Å². The maximum atomic E-state index is 9.97. The molecule has 0 aromatic rings. The van der Waals surface area contributed by atoms with Gasteiger partial charge in [0.1, 0.15) is 0 Å². The van der Waals surface area contributed by atoms with Crippen LogP contribution >= 0.6 is 35.6 Å². The Hall–Kier alpha value is 0.170. The highest BCUT2D eigenvalue weighted by Gasteiger charge is 1.96. The molecule has 10 heavy (non-hydrogen) atoms. The van der Waals surface area contributed by atoms with Gasteiger partial charge in [0.25, 0.3) is 0 Å². The molecule has 0 aromatic carbocycles. The Morgan fingerprint density at radius 3 is 1.60 bits per heavy atom. The zero-order valence-electron chi connectivity index (χ0n) is 4.89. The molecule has 0 aromatic heterocycles. The van der Waals surface area contributed by atoms with Gasteiger partial charge in [0, 0.05) is 0 Å². The average molecular weight is 206 g/mol. The topological polar surface area (TPSA) is 46.2 Å². The first-order valence-corrected chi connectivity index (χ1v) is 2.96. The van der Waals surface area contributed by atoms with Gasteiger partial charge in [0.05, 0.1) is 13.1 Å². The Balaban J connectivity index is 0. The molecular weight excluding hydrogens is 200 g/mol. The first-order valence-electron chi connectivity index (χ1n) is 2.20. The van der Waals surface area contributed by atoms with Crippen molar-refractivity contribution in [2.24, 2.45) is 0 Å². The van der Waals surface area contributed by atoms with Gasteiger partial charge in [0.2, 0.25) is 10.5 Å². The number of halogens is 3. The molecule has 0 aliphatic heterocycles. The minimum atomic E-state index is -0.534. The molecular formula is C4H6Cl3NO2. The van der Waals surface area contributed by atoms with E-state index in [1.54, 1.807) is 0 Å². The Kier molecular flexibility index (Phi) is 9.33. The van der Waals surface area contributed by atoms with Crippen LogP contribution in [0.3, 0.4) is 0 Å². The average Bonchev–Trinajstić information content (AvgIpc) is 1.63. The lowest BCUT2D eigenvalue weighted by atomic mass is 10.6. The van der Waals surface area contributed by atoms with Crippen molar-refractivity contribution in [1.82, 2.24) is 5.32 Å². The van der Waals surface area contributed by atoms with Crippen LogP contribution in [0.25, 0.3) is 0 Å². The normalized spacial score (nSPS) is 8.20. The molecule has 0 fully saturated rings. The Labute approximate surface area is 74.5 Å². The van der Waals surface area contributed by atoms with E-state index in [1.165, 1.54) is 0 Å². The van der Waals surface area contributed by atoms with E-state index < -0.39 is 10.5 Å². The summed E-state index contributed by atoms with van der Waals surface area (Å²) < 4.78 is 0. The monoisotopic (exact) mass is 205 g/mol. The maximum absolute atomic E-state index is 9.97. The quantitative estimate of drug-likeness (QED) is 0.683. The van der Waals surface area contributed by atoms with E-state index >= 15 is 0 Å². The molecule has 0 saturated heterocycles. The van der Waals surface area contributed by atoms with Crippen LogP contribution in [0.15, 0.2) is 0 Å². The molecule has 0 amide bonds. The van der Waals surface area contributed by atoms with E-state index in [0.29, 0.717) is 0 Å². The van der Waals surface area contributed by atoms with Crippen molar-refractivity contribution in [2.75, 3.05) is 13.1 Å². The van der Waals surface area contributed by atoms with E-state index in [4.69, 9.17) is 23.2 Å². The zero-order valence-corrected chi connectivity index (χ0v) is 7.22. The summed E-state index contributed by atoms with van der Waals surface area (Å²) in [6, 6.07) is 0. The number of carbonyl (C=O) groups is 2. The standard InChI is InChI=1S/C4H5Cl2NO2.ClH/c5-3(8)1-7-2-4(6)9;/h7H,1-2H2;1H. The fourth-order valence-electron chi connectivity index (χ4n) is 0.259. The molecule has 60 valence electrons. The predicted octanol–water partition coefficient (Wildman–Crippen LogP) is 0.529. The highest BCUT2D eigenvalue weighted by molar-refractivity contribution is 6.64. The number of rotatable bonds is 4. The van der Waals surface area contributed by atoms with E-state index in [9.17, 15) is 9.59 Å². The molecule has 0 aliphatic carbocycles. The van der Waals surface area contributed by atoms with Crippen LogP contribution in [-0.2, 0) is 9.59 Å². The molecule has 0 unspecified atom stereocenters. The third-order valence-electron chi connectivity index (χ3n) is 0.528. The first kappa shape index (κ1) is 12.8. The Morgan fingerprint density at radius 1 is 1.10 bits per heavy atom. The van der Waals surface area contributed by atoms with Crippen molar-refractivity contribution in [1.29, 1.82) is 0 Å². The molecule has 1 N–H and O–H groups in total. The third-order valence-corrected chi connectivity index (χ3v) is 0.795. The predicted molar refractivity (Wildman–Crippen MR) is 41.8 cm³/mol. The summed E-state index contributed by atoms with van der Waals surface area (Å²) in [5.41, 5.74) is 0. The maximum Gasteiger partial charge on any atom is 0.235 e. The zero-order chi connectivity index (χ0) is 7.28. The van der Waals surface area contributed by atoms with Crippen molar-refractivity contribution in [3.05, 3.63) is 0 Å². The fourth-order valence-corrected chi connectivity index (χ4v) is 0.448. The largest absolute Gasteiger partial charge is 0.301 e. The molecule has 6 heteroatoms. The van der Waals surface area contributed by atoms with Gasteiger partial charge in [-0.25, -0.2) is 0 Å². The summed E-state index contributed by atoms with van der Waals surface area (Å²) in [7, 11) is 0. The van der Waals surface area contributed by atoms with Crippen LogP contribution in [-0.4, -0.2) is 23.6 Å². The molecule has 0 spiro atoms. The van der Waals surface area contributed by atoms with Crippen molar-refractivity contribution >= 4 is 46.1 Å². The summed E-state index contributed by atoms with van der Waals surface area (Å²) in [5, 5.41) is 1.35. The van der Waals surface area contributed by atoms with Crippen LogP contribution in [0.4, 0.5) is 0 Å². The van der Waals surface area contributed by atoms with Crippen LogP contribution in [0, 0.1) is 0 Å². The molecule has 0 saturated carbocycles. The SMILES string of the molecule is Cl.O=C(Cl)CNCC(=O)Cl. The smallest absolute Gasteiger partial charge is 0.235 e. The summed E-state index contributed by atoms with van der Waals surface area (Å²) in [6.07, 6.45) is 0. The molecule has 0 aliphatic rings. The van der Waals surface area contributed by atoms with Crippen LogP contribution in [0.1, 0.15) is 0 Å². The number of nitrogens with one attached hydrogen (secondary N) is 1. The van der Waals surface area contributed by atoms with E-state index in [1.807, 2.05) is 0 Å². The highest BCUT2D eigenvalue weighted by atomic mass is 35.5. The molecule has 0 radical (unpaired) electrons. The van der Waals surface area contributed by atoms with Gasteiger partial charge >= 0.3 is 0 Å². The van der Waals surface area contributed by atoms with Crippen LogP contribution in [0.5, 0.6) is 0 Å². The fraction of sp³-hybridized carbons (Fsp3) is 0.500. The molecule has 0 bridgehead atoms. The van der Waals surface area contributed by atoms with Gasteiger partial charge in [-0.2, -0.15) is 0 Å². The van der Waals surface area contributed by atoms with Crippen LogP contribution < -0.4 is 5.32 Å². The lowest BCUT2D eigenvalue weighted by Gasteiger charge is -1.92. The summed E-state index contributed by atoms with van der Waals surface area (Å²) >= 11 is 9.81. The first-order chi connectivity index (χ1) is 4.13. The molecule has 3 nitrogen and oxygen atoms in total. The summed E-state index contributed by atoms with van der Waals surface area (Å²) in [5.74, 6) is 0. The summed E-state index contributed by atoms with van der Waals surface area (Å²) in [6.45, 7) is -0.0555. The molecule has 0 atom stereocenters. The van der Waals surface area contributed by atoms with Crippen molar-refractivity contribution in [3.63, 3.8) is 0 Å². The summed E-state index contributed by atoms with van der Waals surface area (Å²) in [4.78, 5) is 19.9. The van der Waals surface area contributed by atoms with Crippen molar-refractivity contribution in [2.45, 2.75) is 0 Å². The lowest BCUT2D eigenvalue weighted by molar-refractivity contribution is -0.111. The highest BCUT2D eigenvalue weighted by Crippen LogP contribution is 1.77. The second kappa shape index (κ2) is 7.28.